The number of carbonyl (C=O) groups is 1. The van der Waals surface area contributed by atoms with E-state index in [0.717, 1.165) is 17.9 Å². The molecule has 16 heavy (non-hydrogen) atoms. The Balaban J connectivity index is 1.94. The molecule has 1 amide bonds. The average Bonchev–Trinajstić information content (AvgIpc) is 2.80. The number of carbonyl (C=O) groups excluding carboxylic acids is 1. The van der Waals surface area contributed by atoms with Crippen LogP contribution in [0.3, 0.4) is 0 Å². The normalized spacial score (nSPS) is 35.4. The molecule has 0 spiro atoms. The van der Waals surface area contributed by atoms with Crippen LogP contribution in [0.2, 0.25) is 0 Å². The fraction of sp³-hybridized carbons (Fsp3) is 0.909. The van der Waals surface area contributed by atoms with Gasteiger partial charge in [0.15, 0.2) is 0 Å². The van der Waals surface area contributed by atoms with Gasteiger partial charge in [-0.2, -0.15) is 11.8 Å². The molecule has 92 valence electrons. The molecule has 2 heterocycles. The zero-order chi connectivity index (χ0) is 11.5. The van der Waals surface area contributed by atoms with Gasteiger partial charge in [0, 0.05) is 24.8 Å². The Morgan fingerprint density at radius 2 is 2.38 bits per heavy atom. The van der Waals surface area contributed by atoms with Crippen molar-refractivity contribution in [1.82, 2.24) is 4.90 Å². The summed E-state index contributed by atoms with van der Waals surface area (Å²) < 4.78 is 5.65. The van der Waals surface area contributed by atoms with E-state index in [1.165, 1.54) is 0 Å². The summed E-state index contributed by atoms with van der Waals surface area (Å²) in [6.07, 6.45) is 1.14. The monoisotopic (exact) mass is 263 g/mol. The third-order valence-corrected chi connectivity index (χ3v) is 4.60. The van der Waals surface area contributed by atoms with Crippen LogP contribution >= 0.6 is 23.4 Å². The smallest absolute Gasteiger partial charge is 0.226 e. The van der Waals surface area contributed by atoms with E-state index in [-0.39, 0.29) is 18.1 Å². The summed E-state index contributed by atoms with van der Waals surface area (Å²) in [5.41, 5.74) is 0. The number of thioether (sulfide) groups is 1. The van der Waals surface area contributed by atoms with Crippen LogP contribution in [0, 0.1) is 5.92 Å². The highest BCUT2D eigenvalue weighted by Crippen LogP contribution is 2.26. The van der Waals surface area contributed by atoms with Gasteiger partial charge in [-0.15, -0.1) is 11.6 Å². The standard InChI is InChI=1S/C11H18ClNO2S/c1-8-5-13(6-10(4-12)15-8)11(14)9-2-3-16-7-9/h8-10H,2-7H2,1H3. The van der Waals surface area contributed by atoms with Gasteiger partial charge in [0.05, 0.1) is 18.1 Å². The minimum absolute atomic E-state index is 0.00317. The van der Waals surface area contributed by atoms with Crippen molar-refractivity contribution in [2.45, 2.75) is 25.6 Å². The van der Waals surface area contributed by atoms with Crippen LogP contribution in [0.15, 0.2) is 0 Å². The summed E-state index contributed by atoms with van der Waals surface area (Å²) in [5.74, 6) is 3.10. The predicted molar refractivity (Wildman–Crippen MR) is 67.1 cm³/mol. The van der Waals surface area contributed by atoms with E-state index in [9.17, 15) is 4.79 Å². The second-order valence-corrected chi connectivity index (χ2v) is 5.99. The number of ether oxygens (including phenoxy) is 1. The van der Waals surface area contributed by atoms with Crippen LogP contribution < -0.4 is 0 Å². The molecule has 2 fully saturated rings. The molecule has 2 aliphatic rings. The Kier molecular flexibility index (Phi) is 4.39. The van der Waals surface area contributed by atoms with Gasteiger partial charge < -0.3 is 9.64 Å². The van der Waals surface area contributed by atoms with Crippen LogP contribution in [0.1, 0.15) is 13.3 Å². The second-order valence-electron chi connectivity index (χ2n) is 4.53. The molecule has 2 saturated heterocycles. The minimum Gasteiger partial charge on any atom is -0.370 e. The molecule has 0 aromatic rings. The van der Waals surface area contributed by atoms with Crippen molar-refractivity contribution >= 4 is 29.3 Å². The number of hydrogen-bond donors (Lipinski definition) is 0. The van der Waals surface area contributed by atoms with Gasteiger partial charge in [-0.25, -0.2) is 0 Å². The molecular weight excluding hydrogens is 246 g/mol. The van der Waals surface area contributed by atoms with Gasteiger partial charge in [-0.1, -0.05) is 0 Å². The van der Waals surface area contributed by atoms with E-state index < -0.39 is 0 Å². The van der Waals surface area contributed by atoms with Gasteiger partial charge in [-0.05, 0) is 19.1 Å². The molecule has 0 saturated carbocycles. The first kappa shape index (κ1) is 12.5. The Labute approximate surface area is 106 Å². The van der Waals surface area contributed by atoms with Crippen molar-refractivity contribution in [3.63, 3.8) is 0 Å². The fourth-order valence-electron chi connectivity index (χ4n) is 2.30. The van der Waals surface area contributed by atoms with E-state index in [2.05, 4.69) is 0 Å². The van der Waals surface area contributed by atoms with E-state index in [0.29, 0.717) is 24.9 Å². The lowest BCUT2D eigenvalue weighted by Crippen LogP contribution is -2.51. The number of nitrogens with zero attached hydrogens (tertiary/aromatic N) is 1. The molecule has 0 bridgehead atoms. The quantitative estimate of drug-likeness (QED) is 0.709. The second kappa shape index (κ2) is 5.61. The summed E-state index contributed by atoms with van der Waals surface area (Å²) in [5, 5.41) is 0. The maximum atomic E-state index is 12.2. The SMILES string of the molecule is CC1CN(C(=O)C2CCSC2)CC(CCl)O1. The number of morpholine rings is 1. The highest BCUT2D eigenvalue weighted by Gasteiger charge is 2.33. The Hall–Kier alpha value is 0.0700. The van der Waals surface area contributed by atoms with E-state index in [4.69, 9.17) is 16.3 Å². The van der Waals surface area contributed by atoms with Gasteiger partial charge in [0.2, 0.25) is 5.91 Å². The molecule has 5 heteroatoms. The zero-order valence-electron chi connectivity index (χ0n) is 9.52. The molecule has 0 aliphatic carbocycles. The van der Waals surface area contributed by atoms with Crippen LogP contribution in [-0.4, -0.2) is 53.5 Å². The molecular formula is C11H18ClNO2S. The fourth-order valence-corrected chi connectivity index (χ4v) is 3.68. The summed E-state index contributed by atoms with van der Waals surface area (Å²) >= 11 is 7.69. The highest BCUT2D eigenvalue weighted by molar-refractivity contribution is 7.99. The Bertz CT molecular complexity index is 258. The molecule has 0 radical (unpaired) electrons. The Morgan fingerprint density at radius 1 is 1.56 bits per heavy atom. The maximum Gasteiger partial charge on any atom is 0.226 e. The third-order valence-electron chi connectivity index (χ3n) is 3.09. The average molecular weight is 264 g/mol. The molecule has 0 aromatic carbocycles. The first-order valence-electron chi connectivity index (χ1n) is 5.78. The largest absolute Gasteiger partial charge is 0.370 e. The predicted octanol–water partition coefficient (Wildman–Crippen LogP) is 1.59. The van der Waals surface area contributed by atoms with E-state index >= 15 is 0 Å². The maximum absolute atomic E-state index is 12.2. The highest BCUT2D eigenvalue weighted by atomic mass is 35.5. The summed E-state index contributed by atoms with van der Waals surface area (Å²) in [6, 6.07) is 0. The van der Waals surface area contributed by atoms with Crippen molar-refractivity contribution in [1.29, 1.82) is 0 Å². The number of halogens is 1. The van der Waals surface area contributed by atoms with Gasteiger partial charge in [0.25, 0.3) is 0 Å². The van der Waals surface area contributed by atoms with E-state index in [1.54, 1.807) is 0 Å². The molecule has 0 aromatic heterocycles. The minimum atomic E-state index is 0.00317. The Morgan fingerprint density at radius 3 is 3.00 bits per heavy atom. The first-order chi connectivity index (χ1) is 7.70. The lowest BCUT2D eigenvalue weighted by molar-refractivity contribution is -0.146. The summed E-state index contributed by atoms with van der Waals surface area (Å²) in [7, 11) is 0. The van der Waals surface area contributed by atoms with Gasteiger partial charge >= 0.3 is 0 Å². The van der Waals surface area contributed by atoms with Crippen LogP contribution in [0.5, 0.6) is 0 Å². The molecule has 3 atom stereocenters. The molecule has 3 nitrogen and oxygen atoms in total. The number of hydrogen-bond acceptors (Lipinski definition) is 3. The summed E-state index contributed by atoms with van der Waals surface area (Å²) in [4.78, 5) is 14.2. The van der Waals surface area contributed by atoms with Crippen LogP contribution in [0.25, 0.3) is 0 Å². The molecule has 3 unspecified atom stereocenters. The topological polar surface area (TPSA) is 29.5 Å². The lowest BCUT2D eigenvalue weighted by Gasteiger charge is -2.37. The number of rotatable bonds is 2. The first-order valence-corrected chi connectivity index (χ1v) is 7.47. The molecule has 2 aliphatic heterocycles. The zero-order valence-corrected chi connectivity index (χ0v) is 11.1. The molecule has 0 N–H and O–H groups in total. The third kappa shape index (κ3) is 2.84. The van der Waals surface area contributed by atoms with Gasteiger partial charge in [-0.3, -0.25) is 4.79 Å². The summed E-state index contributed by atoms with van der Waals surface area (Å²) in [6.45, 7) is 3.38. The number of amides is 1. The molecule has 2 rings (SSSR count). The van der Waals surface area contributed by atoms with Crippen LogP contribution in [0.4, 0.5) is 0 Å². The van der Waals surface area contributed by atoms with E-state index in [1.807, 2.05) is 23.6 Å². The lowest BCUT2D eigenvalue weighted by atomic mass is 10.1. The van der Waals surface area contributed by atoms with Crippen molar-refractivity contribution in [3.8, 4) is 0 Å². The van der Waals surface area contributed by atoms with Crippen LogP contribution in [-0.2, 0) is 9.53 Å². The van der Waals surface area contributed by atoms with Crippen molar-refractivity contribution in [3.05, 3.63) is 0 Å². The van der Waals surface area contributed by atoms with Gasteiger partial charge in [0.1, 0.15) is 0 Å². The van der Waals surface area contributed by atoms with Crippen molar-refractivity contribution in [2.24, 2.45) is 5.92 Å². The number of alkyl halides is 1. The van der Waals surface area contributed by atoms with Crippen molar-refractivity contribution < 1.29 is 9.53 Å². The van der Waals surface area contributed by atoms with Crippen molar-refractivity contribution in [2.75, 3.05) is 30.5 Å².